The summed E-state index contributed by atoms with van der Waals surface area (Å²) >= 11 is 0. The highest BCUT2D eigenvalue weighted by atomic mass is 15.2. The molecule has 1 aromatic rings. The van der Waals surface area contributed by atoms with Gasteiger partial charge in [-0.25, -0.2) is 0 Å². The van der Waals surface area contributed by atoms with Crippen LogP contribution in [0.15, 0.2) is 30.3 Å². The minimum absolute atomic E-state index is 0.0569. The van der Waals surface area contributed by atoms with Crippen molar-refractivity contribution in [1.29, 1.82) is 0 Å². The van der Waals surface area contributed by atoms with Gasteiger partial charge in [-0.05, 0) is 32.5 Å². The molecule has 0 aromatic heterocycles. The number of rotatable bonds is 5. The van der Waals surface area contributed by atoms with Crippen molar-refractivity contribution in [3.63, 3.8) is 0 Å². The summed E-state index contributed by atoms with van der Waals surface area (Å²) in [7, 11) is 4.24. The van der Waals surface area contributed by atoms with Crippen LogP contribution < -0.4 is 5.73 Å². The van der Waals surface area contributed by atoms with Gasteiger partial charge in [0.25, 0.3) is 0 Å². The third kappa shape index (κ3) is 2.28. The van der Waals surface area contributed by atoms with E-state index in [2.05, 4.69) is 57.1 Å². The maximum atomic E-state index is 6.45. The summed E-state index contributed by atoms with van der Waals surface area (Å²) in [6.07, 6.45) is 2.12. The lowest BCUT2D eigenvalue weighted by atomic mass is 9.80. The molecule has 2 N–H and O–H groups in total. The molecule has 0 amide bonds. The Balaban J connectivity index is 3.05. The SMILES string of the molecule is CCC(CC)([C@H](N)c1ccccc1)N(C)C. The second-order valence-corrected chi connectivity index (χ2v) is 4.59. The average Bonchev–Trinajstić information content (AvgIpc) is 2.32. The molecule has 0 saturated heterocycles. The molecular formula is C14H24N2. The summed E-state index contributed by atoms with van der Waals surface area (Å²) in [6, 6.07) is 10.5. The Morgan fingerprint density at radius 3 is 2.00 bits per heavy atom. The van der Waals surface area contributed by atoms with E-state index in [-0.39, 0.29) is 11.6 Å². The summed E-state index contributed by atoms with van der Waals surface area (Å²) < 4.78 is 0. The predicted molar refractivity (Wildman–Crippen MR) is 70.4 cm³/mol. The van der Waals surface area contributed by atoms with E-state index in [4.69, 9.17) is 5.73 Å². The van der Waals surface area contributed by atoms with Gasteiger partial charge in [-0.2, -0.15) is 0 Å². The zero-order chi connectivity index (χ0) is 12.2. The number of nitrogens with two attached hydrogens (primary N) is 1. The van der Waals surface area contributed by atoms with Crippen LogP contribution >= 0.6 is 0 Å². The topological polar surface area (TPSA) is 29.3 Å². The Labute approximate surface area is 99.5 Å². The van der Waals surface area contributed by atoms with Crippen LogP contribution in [0.5, 0.6) is 0 Å². The number of benzene rings is 1. The number of hydrogen-bond acceptors (Lipinski definition) is 2. The summed E-state index contributed by atoms with van der Waals surface area (Å²) in [6.45, 7) is 4.43. The van der Waals surface area contributed by atoms with E-state index in [9.17, 15) is 0 Å². The van der Waals surface area contributed by atoms with Crippen molar-refractivity contribution in [3.8, 4) is 0 Å². The number of hydrogen-bond donors (Lipinski definition) is 1. The maximum absolute atomic E-state index is 6.45. The first-order chi connectivity index (χ1) is 7.58. The molecule has 0 heterocycles. The van der Waals surface area contributed by atoms with Crippen LogP contribution in [0, 0.1) is 0 Å². The van der Waals surface area contributed by atoms with Gasteiger partial charge in [0, 0.05) is 11.6 Å². The monoisotopic (exact) mass is 220 g/mol. The molecule has 1 rings (SSSR count). The lowest BCUT2D eigenvalue weighted by Crippen LogP contribution is -2.51. The van der Waals surface area contributed by atoms with Crippen molar-refractivity contribution < 1.29 is 0 Å². The second-order valence-electron chi connectivity index (χ2n) is 4.59. The predicted octanol–water partition coefficient (Wildman–Crippen LogP) is 2.81. The summed E-state index contributed by atoms with van der Waals surface area (Å²) in [5.41, 5.74) is 7.73. The van der Waals surface area contributed by atoms with E-state index < -0.39 is 0 Å². The molecule has 90 valence electrons. The number of nitrogens with zero attached hydrogens (tertiary/aromatic N) is 1. The molecule has 0 bridgehead atoms. The lowest BCUT2D eigenvalue weighted by molar-refractivity contribution is 0.106. The van der Waals surface area contributed by atoms with Crippen molar-refractivity contribution in [1.82, 2.24) is 4.90 Å². The molecular weight excluding hydrogens is 196 g/mol. The van der Waals surface area contributed by atoms with Gasteiger partial charge < -0.3 is 10.6 Å². The molecule has 2 nitrogen and oxygen atoms in total. The standard InChI is InChI=1S/C14H24N2/c1-5-14(6-2,16(3)4)13(15)12-10-8-7-9-11-12/h7-11,13H,5-6,15H2,1-4H3/t13-/m1/s1. The van der Waals surface area contributed by atoms with Crippen LogP contribution in [0.1, 0.15) is 38.3 Å². The first-order valence-electron chi connectivity index (χ1n) is 6.06. The summed E-state index contributed by atoms with van der Waals surface area (Å²) in [5.74, 6) is 0. The van der Waals surface area contributed by atoms with Gasteiger partial charge in [0.2, 0.25) is 0 Å². The summed E-state index contributed by atoms with van der Waals surface area (Å²) in [5, 5.41) is 0. The normalized spacial score (nSPS) is 14.1. The van der Waals surface area contributed by atoms with Crippen molar-refractivity contribution in [2.24, 2.45) is 5.73 Å². The van der Waals surface area contributed by atoms with Crippen LogP contribution in [-0.4, -0.2) is 24.5 Å². The first-order valence-corrected chi connectivity index (χ1v) is 6.06. The fraction of sp³-hybridized carbons (Fsp3) is 0.571. The molecule has 1 aromatic carbocycles. The fourth-order valence-electron chi connectivity index (χ4n) is 2.57. The fourth-order valence-corrected chi connectivity index (χ4v) is 2.57. The molecule has 1 atom stereocenters. The highest BCUT2D eigenvalue weighted by Gasteiger charge is 2.36. The van der Waals surface area contributed by atoms with Gasteiger partial charge in [0.1, 0.15) is 0 Å². The van der Waals surface area contributed by atoms with E-state index in [1.165, 1.54) is 5.56 Å². The second kappa shape index (κ2) is 5.46. The van der Waals surface area contributed by atoms with Gasteiger partial charge in [0.05, 0.1) is 0 Å². The van der Waals surface area contributed by atoms with Crippen LogP contribution in [0.25, 0.3) is 0 Å². The Bertz CT molecular complexity index is 302. The van der Waals surface area contributed by atoms with Crippen LogP contribution in [-0.2, 0) is 0 Å². The van der Waals surface area contributed by atoms with Crippen LogP contribution in [0.3, 0.4) is 0 Å². The number of likely N-dealkylation sites (N-methyl/N-ethyl adjacent to an activating group) is 1. The molecule has 0 aliphatic rings. The van der Waals surface area contributed by atoms with Crippen molar-refractivity contribution >= 4 is 0 Å². The van der Waals surface area contributed by atoms with Crippen molar-refractivity contribution in [2.75, 3.05) is 14.1 Å². The molecule has 0 aliphatic heterocycles. The van der Waals surface area contributed by atoms with E-state index in [0.29, 0.717) is 0 Å². The summed E-state index contributed by atoms with van der Waals surface area (Å²) in [4.78, 5) is 2.27. The molecule has 0 fully saturated rings. The molecule has 16 heavy (non-hydrogen) atoms. The molecule has 0 unspecified atom stereocenters. The Morgan fingerprint density at radius 1 is 1.12 bits per heavy atom. The molecule has 0 radical (unpaired) electrons. The van der Waals surface area contributed by atoms with Crippen molar-refractivity contribution in [3.05, 3.63) is 35.9 Å². The van der Waals surface area contributed by atoms with E-state index >= 15 is 0 Å². The van der Waals surface area contributed by atoms with E-state index in [1.54, 1.807) is 0 Å². The maximum Gasteiger partial charge on any atom is 0.0481 e. The highest BCUT2D eigenvalue weighted by Crippen LogP contribution is 2.33. The zero-order valence-electron chi connectivity index (χ0n) is 10.9. The minimum atomic E-state index is 0.0569. The van der Waals surface area contributed by atoms with Crippen LogP contribution in [0.2, 0.25) is 0 Å². The van der Waals surface area contributed by atoms with Gasteiger partial charge in [-0.1, -0.05) is 44.2 Å². The average molecular weight is 220 g/mol. The van der Waals surface area contributed by atoms with E-state index in [0.717, 1.165) is 12.8 Å². The molecule has 0 saturated carbocycles. The third-order valence-corrected chi connectivity index (χ3v) is 3.85. The smallest absolute Gasteiger partial charge is 0.0481 e. The third-order valence-electron chi connectivity index (χ3n) is 3.85. The quantitative estimate of drug-likeness (QED) is 0.826. The van der Waals surface area contributed by atoms with Gasteiger partial charge in [-0.3, -0.25) is 0 Å². The minimum Gasteiger partial charge on any atom is -0.322 e. The largest absolute Gasteiger partial charge is 0.322 e. The molecule has 0 spiro atoms. The molecule has 0 aliphatic carbocycles. The molecule has 2 heteroatoms. The zero-order valence-corrected chi connectivity index (χ0v) is 10.9. The van der Waals surface area contributed by atoms with Gasteiger partial charge in [-0.15, -0.1) is 0 Å². The van der Waals surface area contributed by atoms with Gasteiger partial charge in [0.15, 0.2) is 0 Å². The highest BCUT2D eigenvalue weighted by molar-refractivity contribution is 5.22. The Hall–Kier alpha value is -0.860. The Kier molecular flexibility index (Phi) is 4.51. The first kappa shape index (κ1) is 13.2. The Morgan fingerprint density at radius 2 is 1.62 bits per heavy atom. The van der Waals surface area contributed by atoms with Crippen LogP contribution in [0.4, 0.5) is 0 Å². The van der Waals surface area contributed by atoms with Gasteiger partial charge >= 0.3 is 0 Å². The van der Waals surface area contributed by atoms with Crippen molar-refractivity contribution in [2.45, 2.75) is 38.3 Å². The lowest BCUT2D eigenvalue weighted by Gasteiger charge is -2.43. The van der Waals surface area contributed by atoms with E-state index in [1.807, 2.05) is 6.07 Å².